The zero-order chi connectivity index (χ0) is 15.0. The number of ether oxygens (including phenoxy) is 1. The van der Waals surface area contributed by atoms with Crippen molar-refractivity contribution < 1.29 is 19.6 Å². The molecular weight excluding hydrogens is 284 g/mol. The molecule has 1 rings (SSSR count). The van der Waals surface area contributed by atoms with Crippen LogP contribution in [-0.2, 0) is 9.53 Å². The highest BCUT2D eigenvalue weighted by atomic mass is 32.2. The molecule has 110 valence electrons. The molecule has 1 atom stereocenters. The van der Waals surface area contributed by atoms with E-state index >= 15 is 0 Å². The van der Waals surface area contributed by atoms with Crippen molar-refractivity contribution in [1.82, 2.24) is 5.32 Å². The van der Waals surface area contributed by atoms with Crippen molar-refractivity contribution in [2.24, 2.45) is 0 Å². The number of nitrogens with one attached hydrogen (secondary N) is 1. The molecule has 0 saturated carbocycles. The van der Waals surface area contributed by atoms with E-state index in [1.54, 1.807) is 12.1 Å². The van der Waals surface area contributed by atoms with Gasteiger partial charge >= 0.3 is 0 Å². The number of thioether (sulfide) groups is 1. The average molecular weight is 300 g/mol. The number of nitro groups is 1. The van der Waals surface area contributed by atoms with Crippen molar-refractivity contribution in [2.45, 2.75) is 11.0 Å². The van der Waals surface area contributed by atoms with Crippen LogP contribution in [-0.4, -0.2) is 48.1 Å². The zero-order valence-corrected chi connectivity index (χ0v) is 11.8. The molecule has 2 N–H and O–H groups in total. The molecule has 1 aromatic carbocycles. The summed E-state index contributed by atoms with van der Waals surface area (Å²) in [5, 5.41) is 22.4. The predicted octanol–water partition coefficient (Wildman–Crippen LogP) is 0.810. The maximum atomic E-state index is 11.5. The first-order chi connectivity index (χ1) is 9.52. The Morgan fingerprint density at radius 2 is 2.15 bits per heavy atom. The molecular formula is C12H16N2O5S. The summed E-state index contributed by atoms with van der Waals surface area (Å²) < 4.78 is 4.73. The number of hydrogen-bond donors (Lipinski definition) is 2. The lowest BCUT2D eigenvalue weighted by Crippen LogP contribution is -2.35. The van der Waals surface area contributed by atoms with E-state index in [0.29, 0.717) is 0 Å². The van der Waals surface area contributed by atoms with Gasteiger partial charge in [0.2, 0.25) is 5.91 Å². The maximum absolute atomic E-state index is 11.5. The van der Waals surface area contributed by atoms with Crippen LogP contribution >= 0.6 is 11.8 Å². The van der Waals surface area contributed by atoms with Crippen LogP contribution in [0.2, 0.25) is 0 Å². The van der Waals surface area contributed by atoms with Gasteiger partial charge in [0.1, 0.15) is 0 Å². The van der Waals surface area contributed by atoms with Crippen LogP contribution in [0.15, 0.2) is 29.2 Å². The molecule has 0 heterocycles. The molecule has 1 unspecified atom stereocenters. The number of hydrogen-bond acceptors (Lipinski definition) is 6. The molecule has 0 saturated heterocycles. The van der Waals surface area contributed by atoms with Crippen molar-refractivity contribution in [3.63, 3.8) is 0 Å². The summed E-state index contributed by atoms with van der Waals surface area (Å²) in [5.74, 6) is -0.0409. The lowest BCUT2D eigenvalue weighted by Gasteiger charge is -2.10. The quantitative estimate of drug-likeness (QED) is 0.418. The Kier molecular flexibility index (Phi) is 6.99. The van der Waals surface area contributed by atoms with Crippen molar-refractivity contribution >= 4 is 23.4 Å². The number of amides is 1. The van der Waals surface area contributed by atoms with Gasteiger partial charge in [-0.25, -0.2) is 0 Å². The van der Waals surface area contributed by atoms with Gasteiger partial charge in [-0.1, -0.05) is 0 Å². The summed E-state index contributed by atoms with van der Waals surface area (Å²) in [4.78, 5) is 22.3. The normalized spacial score (nSPS) is 11.9. The van der Waals surface area contributed by atoms with Crippen LogP contribution in [0.3, 0.4) is 0 Å². The van der Waals surface area contributed by atoms with E-state index in [4.69, 9.17) is 4.74 Å². The van der Waals surface area contributed by atoms with E-state index in [1.165, 1.54) is 31.0 Å². The lowest BCUT2D eigenvalue weighted by molar-refractivity contribution is -0.384. The number of carbonyl (C=O) groups is 1. The number of non-ortho nitro benzene ring substituents is 1. The van der Waals surface area contributed by atoms with Gasteiger partial charge in [-0.05, 0) is 12.1 Å². The van der Waals surface area contributed by atoms with Crippen LogP contribution in [0.1, 0.15) is 0 Å². The molecule has 0 aliphatic carbocycles. The molecule has 0 spiro atoms. The third kappa shape index (κ3) is 6.00. The van der Waals surface area contributed by atoms with Crippen LogP contribution in [0, 0.1) is 10.1 Å². The largest absolute Gasteiger partial charge is 0.389 e. The molecule has 0 radical (unpaired) electrons. The van der Waals surface area contributed by atoms with Gasteiger partial charge in [-0.2, -0.15) is 0 Å². The lowest BCUT2D eigenvalue weighted by atomic mass is 10.3. The van der Waals surface area contributed by atoms with Crippen LogP contribution in [0.25, 0.3) is 0 Å². The first kappa shape index (κ1) is 16.4. The Morgan fingerprint density at radius 1 is 1.50 bits per heavy atom. The number of aliphatic hydroxyl groups excluding tert-OH is 1. The van der Waals surface area contributed by atoms with Gasteiger partial charge in [-0.15, -0.1) is 11.8 Å². The Bertz CT molecular complexity index is 452. The molecule has 0 aliphatic heterocycles. The van der Waals surface area contributed by atoms with E-state index in [2.05, 4.69) is 5.32 Å². The van der Waals surface area contributed by atoms with E-state index < -0.39 is 11.0 Å². The molecule has 1 amide bonds. The fraction of sp³-hybridized carbons (Fsp3) is 0.417. The first-order valence-corrected chi connectivity index (χ1v) is 6.82. The minimum atomic E-state index is -0.728. The second kappa shape index (κ2) is 8.51. The standard InChI is InChI=1S/C12H16N2O5S/c1-19-7-10(15)6-13-12(16)8-20-11-4-2-9(3-5-11)14(17)18/h2-5,10,15H,6-8H2,1H3,(H,13,16). The van der Waals surface area contributed by atoms with Crippen molar-refractivity contribution in [1.29, 1.82) is 0 Å². The number of carbonyl (C=O) groups excluding carboxylic acids is 1. The molecule has 1 aromatic rings. The highest BCUT2D eigenvalue weighted by molar-refractivity contribution is 8.00. The van der Waals surface area contributed by atoms with Crippen LogP contribution < -0.4 is 5.32 Å². The fourth-order valence-electron chi connectivity index (χ4n) is 1.35. The molecule has 20 heavy (non-hydrogen) atoms. The predicted molar refractivity (Wildman–Crippen MR) is 74.7 cm³/mol. The SMILES string of the molecule is COCC(O)CNC(=O)CSc1ccc([N+](=O)[O-])cc1. The monoisotopic (exact) mass is 300 g/mol. The van der Waals surface area contributed by atoms with Gasteiger partial charge < -0.3 is 15.2 Å². The van der Waals surface area contributed by atoms with Gasteiger partial charge in [0.15, 0.2) is 0 Å². The third-order valence-electron chi connectivity index (χ3n) is 2.31. The molecule has 0 fully saturated rings. The number of benzene rings is 1. The van der Waals surface area contributed by atoms with Crippen molar-refractivity contribution in [3.05, 3.63) is 34.4 Å². The summed E-state index contributed by atoms with van der Waals surface area (Å²) in [5.41, 5.74) is 0.0153. The summed E-state index contributed by atoms with van der Waals surface area (Å²) in [6, 6.07) is 5.97. The summed E-state index contributed by atoms with van der Waals surface area (Å²) in [6.45, 7) is 0.295. The van der Waals surface area contributed by atoms with Gasteiger partial charge in [0.25, 0.3) is 5.69 Å². The average Bonchev–Trinajstić information content (AvgIpc) is 2.43. The Hall–Kier alpha value is -1.64. The Labute approximate surface area is 120 Å². The number of methoxy groups -OCH3 is 1. The van der Waals surface area contributed by atoms with Crippen LogP contribution in [0.5, 0.6) is 0 Å². The fourth-order valence-corrected chi connectivity index (χ4v) is 2.08. The van der Waals surface area contributed by atoms with Gasteiger partial charge in [0.05, 0.1) is 23.4 Å². The van der Waals surface area contributed by atoms with Crippen molar-refractivity contribution in [3.8, 4) is 0 Å². The van der Waals surface area contributed by atoms with E-state index in [9.17, 15) is 20.0 Å². The first-order valence-electron chi connectivity index (χ1n) is 5.84. The smallest absolute Gasteiger partial charge is 0.269 e. The zero-order valence-electron chi connectivity index (χ0n) is 10.9. The Morgan fingerprint density at radius 3 is 2.70 bits per heavy atom. The summed E-state index contributed by atoms with van der Waals surface area (Å²) in [6.07, 6.45) is -0.728. The molecule has 0 aromatic heterocycles. The molecule has 8 heteroatoms. The minimum Gasteiger partial charge on any atom is -0.389 e. The molecule has 0 aliphatic rings. The Balaban J connectivity index is 2.32. The molecule has 7 nitrogen and oxygen atoms in total. The molecule has 0 bridgehead atoms. The van der Waals surface area contributed by atoms with Gasteiger partial charge in [0, 0.05) is 30.7 Å². The second-order valence-corrected chi connectivity index (χ2v) is 5.00. The van der Waals surface area contributed by atoms with E-state index in [0.717, 1.165) is 4.90 Å². The number of nitrogens with zero attached hydrogens (tertiary/aromatic N) is 1. The van der Waals surface area contributed by atoms with Crippen molar-refractivity contribution in [2.75, 3.05) is 26.0 Å². The maximum Gasteiger partial charge on any atom is 0.269 e. The summed E-state index contributed by atoms with van der Waals surface area (Å²) in [7, 11) is 1.47. The number of rotatable bonds is 8. The summed E-state index contributed by atoms with van der Waals surface area (Å²) >= 11 is 1.27. The topological polar surface area (TPSA) is 102 Å². The second-order valence-electron chi connectivity index (χ2n) is 3.95. The number of aliphatic hydroxyl groups is 1. The van der Waals surface area contributed by atoms with Crippen LogP contribution in [0.4, 0.5) is 5.69 Å². The highest BCUT2D eigenvalue weighted by Crippen LogP contribution is 2.20. The number of nitro benzene ring substituents is 1. The highest BCUT2D eigenvalue weighted by Gasteiger charge is 2.08. The van der Waals surface area contributed by atoms with E-state index in [1.807, 2.05) is 0 Å². The van der Waals surface area contributed by atoms with E-state index in [-0.39, 0.29) is 30.5 Å². The minimum absolute atomic E-state index is 0.0153. The van der Waals surface area contributed by atoms with Gasteiger partial charge in [-0.3, -0.25) is 14.9 Å². The third-order valence-corrected chi connectivity index (χ3v) is 3.32.